The number of aryl methyl sites for hydroxylation is 2. The Hall–Kier alpha value is -0.800. The highest BCUT2D eigenvalue weighted by Crippen LogP contribution is 2.29. The maximum absolute atomic E-state index is 3.62. The number of hydrogen-bond acceptors (Lipinski definition) is 1. The van der Waals surface area contributed by atoms with E-state index in [1.165, 1.54) is 16.7 Å². The molecular weight excluding hydrogens is 366 g/mol. The summed E-state index contributed by atoms with van der Waals surface area (Å²) in [7, 11) is 0. The van der Waals surface area contributed by atoms with Crippen molar-refractivity contribution in [2.75, 3.05) is 5.32 Å². The van der Waals surface area contributed by atoms with E-state index in [4.69, 9.17) is 0 Å². The molecule has 0 radical (unpaired) electrons. The van der Waals surface area contributed by atoms with E-state index in [9.17, 15) is 0 Å². The van der Waals surface area contributed by atoms with Crippen LogP contribution in [-0.4, -0.2) is 0 Å². The zero-order valence-corrected chi connectivity index (χ0v) is 14.5. The van der Waals surface area contributed by atoms with Crippen LogP contribution in [0.4, 0.5) is 5.69 Å². The van der Waals surface area contributed by atoms with Crippen LogP contribution < -0.4 is 5.32 Å². The molecule has 0 heterocycles. The van der Waals surface area contributed by atoms with Gasteiger partial charge in [0, 0.05) is 20.7 Å². The molecule has 19 heavy (non-hydrogen) atoms. The number of rotatable bonds is 3. The van der Waals surface area contributed by atoms with Crippen molar-refractivity contribution in [3.05, 3.63) is 62.0 Å². The van der Waals surface area contributed by atoms with Gasteiger partial charge in [0.15, 0.2) is 0 Å². The molecule has 3 heteroatoms. The molecule has 1 nitrogen and oxygen atoms in total. The van der Waals surface area contributed by atoms with E-state index in [0.717, 1.165) is 14.6 Å². The lowest BCUT2D eigenvalue weighted by molar-refractivity contribution is 0.878. The molecule has 0 aromatic heterocycles. The van der Waals surface area contributed by atoms with Crippen molar-refractivity contribution in [1.29, 1.82) is 0 Å². The van der Waals surface area contributed by atoms with E-state index >= 15 is 0 Å². The van der Waals surface area contributed by atoms with Crippen LogP contribution in [0.5, 0.6) is 0 Å². The summed E-state index contributed by atoms with van der Waals surface area (Å²) >= 11 is 7.10. The molecule has 2 aromatic rings. The van der Waals surface area contributed by atoms with Crippen molar-refractivity contribution in [2.24, 2.45) is 0 Å². The third kappa shape index (κ3) is 3.61. The SMILES string of the molecule is Cc1ccc(NC(C)c2ccc(Br)cc2Br)cc1C. The highest BCUT2D eigenvalue weighted by Gasteiger charge is 2.09. The average molecular weight is 383 g/mol. The molecule has 1 N–H and O–H groups in total. The third-order valence-electron chi connectivity index (χ3n) is 3.32. The Morgan fingerprint density at radius 1 is 0.947 bits per heavy atom. The fraction of sp³-hybridized carbons (Fsp3) is 0.250. The number of nitrogens with one attached hydrogen (secondary N) is 1. The molecule has 0 fully saturated rings. The molecule has 2 aromatic carbocycles. The summed E-state index contributed by atoms with van der Waals surface area (Å²) in [5, 5.41) is 3.54. The fourth-order valence-corrected chi connectivity index (χ4v) is 3.40. The standard InChI is InChI=1S/C16H17Br2N/c1-10-4-6-14(8-11(10)2)19-12(3)15-7-5-13(17)9-16(15)18/h4-9,12,19H,1-3H3. The van der Waals surface area contributed by atoms with E-state index in [1.54, 1.807) is 0 Å². The summed E-state index contributed by atoms with van der Waals surface area (Å²) in [5.41, 5.74) is 5.04. The first kappa shape index (κ1) is 14.6. The molecule has 100 valence electrons. The minimum Gasteiger partial charge on any atom is -0.378 e. The molecule has 0 aliphatic heterocycles. The molecule has 0 bridgehead atoms. The van der Waals surface area contributed by atoms with Crippen molar-refractivity contribution in [3.63, 3.8) is 0 Å². The van der Waals surface area contributed by atoms with Crippen LogP contribution in [0.3, 0.4) is 0 Å². The van der Waals surface area contributed by atoms with Gasteiger partial charge in [0.1, 0.15) is 0 Å². The van der Waals surface area contributed by atoms with Crippen LogP contribution in [0.2, 0.25) is 0 Å². The van der Waals surface area contributed by atoms with Gasteiger partial charge in [-0.3, -0.25) is 0 Å². The van der Waals surface area contributed by atoms with Gasteiger partial charge < -0.3 is 5.32 Å². The van der Waals surface area contributed by atoms with Gasteiger partial charge in [0.05, 0.1) is 0 Å². The monoisotopic (exact) mass is 381 g/mol. The third-order valence-corrected chi connectivity index (χ3v) is 4.50. The number of hydrogen-bond donors (Lipinski definition) is 1. The summed E-state index contributed by atoms with van der Waals surface area (Å²) in [6, 6.07) is 13.0. The molecule has 1 unspecified atom stereocenters. The van der Waals surface area contributed by atoms with Crippen LogP contribution in [0.25, 0.3) is 0 Å². The molecule has 0 amide bonds. The topological polar surface area (TPSA) is 12.0 Å². The first-order chi connectivity index (χ1) is 8.97. The highest BCUT2D eigenvalue weighted by molar-refractivity contribution is 9.11. The molecule has 0 saturated heterocycles. The van der Waals surface area contributed by atoms with Crippen molar-refractivity contribution in [1.82, 2.24) is 0 Å². The van der Waals surface area contributed by atoms with Crippen LogP contribution in [-0.2, 0) is 0 Å². The molecular formula is C16H17Br2N. The molecule has 0 aliphatic rings. The maximum atomic E-state index is 3.62. The van der Waals surface area contributed by atoms with E-state index in [-0.39, 0.29) is 6.04 Å². The van der Waals surface area contributed by atoms with Crippen molar-refractivity contribution in [2.45, 2.75) is 26.8 Å². The van der Waals surface area contributed by atoms with Gasteiger partial charge >= 0.3 is 0 Å². The molecule has 0 spiro atoms. The molecule has 0 saturated carbocycles. The Balaban J connectivity index is 2.20. The lowest BCUT2D eigenvalue weighted by Gasteiger charge is -2.18. The summed E-state index contributed by atoms with van der Waals surface area (Å²) in [4.78, 5) is 0. The normalized spacial score (nSPS) is 12.3. The Bertz CT molecular complexity index is 593. The predicted molar refractivity (Wildman–Crippen MR) is 89.8 cm³/mol. The largest absolute Gasteiger partial charge is 0.378 e. The van der Waals surface area contributed by atoms with Crippen molar-refractivity contribution in [3.8, 4) is 0 Å². The van der Waals surface area contributed by atoms with Crippen LogP contribution in [0, 0.1) is 13.8 Å². The Kier molecular flexibility index (Phi) is 4.69. The van der Waals surface area contributed by atoms with Crippen LogP contribution in [0.1, 0.15) is 29.7 Å². The minimum absolute atomic E-state index is 0.254. The summed E-state index contributed by atoms with van der Waals surface area (Å²) in [6.07, 6.45) is 0. The van der Waals surface area contributed by atoms with E-state index in [1.807, 2.05) is 0 Å². The molecule has 0 aliphatic carbocycles. The lowest BCUT2D eigenvalue weighted by atomic mass is 10.1. The van der Waals surface area contributed by atoms with Gasteiger partial charge in [-0.1, -0.05) is 44.0 Å². The zero-order valence-electron chi connectivity index (χ0n) is 11.3. The van der Waals surface area contributed by atoms with Crippen LogP contribution >= 0.6 is 31.9 Å². The van der Waals surface area contributed by atoms with E-state index < -0.39 is 0 Å². The summed E-state index contributed by atoms with van der Waals surface area (Å²) < 4.78 is 2.20. The smallest absolute Gasteiger partial charge is 0.0496 e. The first-order valence-corrected chi connectivity index (χ1v) is 7.84. The zero-order chi connectivity index (χ0) is 14.0. The van der Waals surface area contributed by atoms with E-state index in [0.29, 0.717) is 0 Å². The fourth-order valence-electron chi connectivity index (χ4n) is 2.01. The van der Waals surface area contributed by atoms with Gasteiger partial charge in [-0.05, 0) is 61.7 Å². The van der Waals surface area contributed by atoms with Gasteiger partial charge in [0.25, 0.3) is 0 Å². The van der Waals surface area contributed by atoms with Gasteiger partial charge in [-0.2, -0.15) is 0 Å². The number of halogens is 2. The van der Waals surface area contributed by atoms with Gasteiger partial charge in [-0.25, -0.2) is 0 Å². The Morgan fingerprint density at radius 2 is 1.68 bits per heavy atom. The Morgan fingerprint density at radius 3 is 2.32 bits per heavy atom. The minimum atomic E-state index is 0.254. The van der Waals surface area contributed by atoms with E-state index in [2.05, 4.69) is 94.3 Å². The first-order valence-electron chi connectivity index (χ1n) is 6.26. The average Bonchev–Trinajstić information content (AvgIpc) is 2.33. The summed E-state index contributed by atoms with van der Waals surface area (Å²) in [5.74, 6) is 0. The van der Waals surface area contributed by atoms with Crippen molar-refractivity contribution < 1.29 is 0 Å². The summed E-state index contributed by atoms with van der Waals surface area (Å²) in [6.45, 7) is 6.44. The maximum Gasteiger partial charge on any atom is 0.0496 e. The second kappa shape index (κ2) is 6.10. The highest BCUT2D eigenvalue weighted by atomic mass is 79.9. The molecule has 2 rings (SSSR count). The van der Waals surface area contributed by atoms with Gasteiger partial charge in [0.2, 0.25) is 0 Å². The number of anilines is 1. The van der Waals surface area contributed by atoms with Crippen LogP contribution in [0.15, 0.2) is 45.3 Å². The number of benzene rings is 2. The van der Waals surface area contributed by atoms with Crippen molar-refractivity contribution >= 4 is 37.5 Å². The predicted octanol–water partition coefficient (Wildman–Crippen LogP) is 6.00. The quantitative estimate of drug-likeness (QED) is 0.686. The Labute approximate surface area is 131 Å². The second-order valence-corrected chi connectivity index (χ2v) is 6.60. The molecule has 1 atom stereocenters. The lowest BCUT2D eigenvalue weighted by Crippen LogP contribution is -2.07. The second-order valence-electron chi connectivity index (χ2n) is 4.83. The van der Waals surface area contributed by atoms with Gasteiger partial charge in [-0.15, -0.1) is 0 Å².